The molecule has 2 aliphatic rings. The quantitative estimate of drug-likeness (QED) is 0.615. The van der Waals surface area contributed by atoms with Crippen molar-refractivity contribution in [1.82, 2.24) is 15.3 Å². The van der Waals surface area contributed by atoms with Gasteiger partial charge in [0.1, 0.15) is 17.3 Å². The molecule has 0 spiro atoms. The molecule has 1 fully saturated rings. The van der Waals surface area contributed by atoms with E-state index < -0.39 is 0 Å². The highest BCUT2D eigenvalue weighted by Crippen LogP contribution is 2.41. The van der Waals surface area contributed by atoms with Gasteiger partial charge in [-0.05, 0) is 13.8 Å². The Kier molecular flexibility index (Phi) is 6.97. The van der Waals surface area contributed by atoms with Crippen LogP contribution >= 0.6 is 0 Å². The van der Waals surface area contributed by atoms with Crippen molar-refractivity contribution in [3.8, 4) is 11.5 Å². The van der Waals surface area contributed by atoms with E-state index in [0.29, 0.717) is 49.4 Å². The fraction of sp³-hybridized carbons (Fsp3) is 0.500. The number of hydrogen-bond donors (Lipinski definition) is 2. The Hall–Kier alpha value is -3.60. The molecule has 1 aromatic carbocycles. The zero-order valence-corrected chi connectivity index (χ0v) is 21.0. The van der Waals surface area contributed by atoms with Crippen LogP contribution in [0.25, 0.3) is 0 Å². The first kappa shape index (κ1) is 24.5. The van der Waals surface area contributed by atoms with Crippen LogP contribution in [-0.4, -0.2) is 68.5 Å². The predicted octanol–water partition coefficient (Wildman–Crippen LogP) is 2.39. The Bertz CT molecular complexity index is 1110. The number of rotatable bonds is 7. The second kappa shape index (κ2) is 9.95. The number of benzene rings is 1. The molecule has 0 aliphatic carbocycles. The first-order valence-corrected chi connectivity index (χ1v) is 11.6. The number of carbonyl (C=O) groups excluding carboxylic acids is 2. The van der Waals surface area contributed by atoms with E-state index in [1.165, 1.54) is 4.90 Å². The van der Waals surface area contributed by atoms with Gasteiger partial charge in [-0.15, -0.1) is 0 Å². The van der Waals surface area contributed by atoms with E-state index in [-0.39, 0.29) is 24.0 Å². The molecular weight excluding hydrogens is 452 g/mol. The Morgan fingerprint density at radius 3 is 2.46 bits per heavy atom. The topological polar surface area (TPSA) is 118 Å². The van der Waals surface area contributed by atoms with Gasteiger partial charge < -0.3 is 24.8 Å². The van der Waals surface area contributed by atoms with Gasteiger partial charge in [0.15, 0.2) is 0 Å². The number of fused-ring (bicyclic) bond motifs is 1. The third-order valence-electron chi connectivity index (χ3n) is 6.49. The Morgan fingerprint density at radius 2 is 1.83 bits per heavy atom. The van der Waals surface area contributed by atoms with E-state index in [1.807, 2.05) is 19.9 Å². The third-order valence-corrected chi connectivity index (χ3v) is 6.49. The average molecular weight is 485 g/mol. The van der Waals surface area contributed by atoms with Gasteiger partial charge in [0, 0.05) is 42.4 Å². The first-order chi connectivity index (χ1) is 16.8. The van der Waals surface area contributed by atoms with Crippen LogP contribution in [0.2, 0.25) is 0 Å². The minimum atomic E-state index is -0.221. The van der Waals surface area contributed by atoms with E-state index in [2.05, 4.69) is 20.6 Å². The lowest BCUT2D eigenvalue weighted by atomic mass is 10.0. The third kappa shape index (κ3) is 4.55. The smallest absolute Gasteiger partial charge is 0.330 e. The van der Waals surface area contributed by atoms with Crippen molar-refractivity contribution < 1.29 is 23.8 Å². The Morgan fingerprint density at radius 1 is 1.17 bits per heavy atom. The van der Waals surface area contributed by atoms with Crippen LogP contribution in [0.4, 0.5) is 22.2 Å². The summed E-state index contributed by atoms with van der Waals surface area (Å²) in [6.45, 7) is 6.80. The molecule has 2 unspecified atom stereocenters. The second-order valence-corrected chi connectivity index (χ2v) is 8.67. The van der Waals surface area contributed by atoms with Crippen LogP contribution in [0.1, 0.15) is 30.0 Å². The number of aromatic nitrogens is 2. The summed E-state index contributed by atoms with van der Waals surface area (Å²) in [5, 5.41) is 6.21. The number of ether oxygens (including phenoxy) is 3. The van der Waals surface area contributed by atoms with Crippen molar-refractivity contribution in [2.75, 3.05) is 49.6 Å². The zero-order valence-electron chi connectivity index (χ0n) is 21.0. The van der Waals surface area contributed by atoms with Crippen molar-refractivity contribution in [3.05, 3.63) is 29.0 Å². The minimum absolute atomic E-state index is 0.0381. The van der Waals surface area contributed by atoms with E-state index in [9.17, 15) is 9.59 Å². The van der Waals surface area contributed by atoms with E-state index in [4.69, 9.17) is 14.2 Å². The summed E-state index contributed by atoms with van der Waals surface area (Å²) in [6.07, 6.45) is 2.12. The molecule has 35 heavy (non-hydrogen) atoms. The summed E-state index contributed by atoms with van der Waals surface area (Å²) in [6, 6.07) is 1.26. The maximum Gasteiger partial charge on any atom is 0.330 e. The van der Waals surface area contributed by atoms with Crippen LogP contribution in [0.15, 0.2) is 12.3 Å². The van der Waals surface area contributed by atoms with Gasteiger partial charge in [0.2, 0.25) is 11.9 Å². The van der Waals surface area contributed by atoms with Crippen LogP contribution < -0.4 is 29.9 Å². The van der Waals surface area contributed by atoms with Gasteiger partial charge >= 0.3 is 6.03 Å². The monoisotopic (exact) mass is 484 g/mol. The molecule has 188 valence electrons. The number of nitrogens with zero attached hydrogens (tertiary/aromatic N) is 4. The van der Waals surface area contributed by atoms with E-state index in [0.717, 1.165) is 22.4 Å². The lowest BCUT2D eigenvalue weighted by Gasteiger charge is -2.36. The van der Waals surface area contributed by atoms with Crippen molar-refractivity contribution in [2.45, 2.75) is 45.8 Å². The minimum Gasteiger partial charge on any atom is -0.496 e. The van der Waals surface area contributed by atoms with Crippen molar-refractivity contribution >= 4 is 29.4 Å². The van der Waals surface area contributed by atoms with Crippen LogP contribution in [-0.2, 0) is 16.1 Å². The molecular formula is C24H32N6O5. The Balaban J connectivity index is 1.61. The maximum atomic E-state index is 13.5. The summed E-state index contributed by atoms with van der Waals surface area (Å²) in [7, 11) is 4.88. The molecule has 2 aliphatic heterocycles. The molecule has 3 heterocycles. The van der Waals surface area contributed by atoms with E-state index >= 15 is 0 Å². The normalized spacial score (nSPS) is 19.4. The van der Waals surface area contributed by atoms with Crippen molar-refractivity contribution in [3.63, 3.8) is 0 Å². The molecule has 0 bridgehead atoms. The Labute approximate surface area is 204 Å². The molecule has 0 saturated carbocycles. The highest BCUT2D eigenvalue weighted by Gasteiger charge is 2.35. The summed E-state index contributed by atoms with van der Waals surface area (Å²) in [5.41, 5.74) is 3.23. The van der Waals surface area contributed by atoms with Crippen molar-refractivity contribution in [1.29, 1.82) is 0 Å². The van der Waals surface area contributed by atoms with Crippen LogP contribution in [0.3, 0.4) is 0 Å². The molecule has 1 aromatic heterocycles. The fourth-order valence-corrected chi connectivity index (χ4v) is 4.55. The van der Waals surface area contributed by atoms with Gasteiger partial charge in [-0.1, -0.05) is 6.92 Å². The lowest BCUT2D eigenvalue weighted by molar-refractivity contribution is -0.121. The molecule has 2 aromatic rings. The zero-order chi connectivity index (χ0) is 25.3. The molecule has 2 atom stereocenters. The molecule has 2 N–H and O–H groups in total. The summed E-state index contributed by atoms with van der Waals surface area (Å²) >= 11 is 0. The number of anilines is 3. The molecule has 1 saturated heterocycles. The predicted molar refractivity (Wildman–Crippen MR) is 131 cm³/mol. The summed E-state index contributed by atoms with van der Waals surface area (Å²) < 4.78 is 16.6. The second-order valence-electron chi connectivity index (χ2n) is 8.67. The first-order valence-electron chi connectivity index (χ1n) is 11.6. The highest BCUT2D eigenvalue weighted by atomic mass is 16.5. The average Bonchev–Trinajstić information content (AvgIpc) is 3.28. The standard InChI is InChI=1S/C24H32N6O5/c1-7-20(31)26-16-11-35-12-17(16)27-23-25-9-15-10-30(24(32)29(4)22(15)28-23)21-13(2)18(33-5)8-19(34-6)14(21)3/h8-9,16-17H,7,10-12H2,1-6H3,(H,26,31)(H,25,27,28). The molecule has 4 rings (SSSR count). The summed E-state index contributed by atoms with van der Waals surface area (Å²) in [4.78, 5) is 37.6. The van der Waals surface area contributed by atoms with Gasteiger partial charge in [-0.3, -0.25) is 14.6 Å². The largest absolute Gasteiger partial charge is 0.496 e. The van der Waals surface area contributed by atoms with Gasteiger partial charge in [0.25, 0.3) is 0 Å². The number of methoxy groups -OCH3 is 2. The van der Waals surface area contributed by atoms with Gasteiger partial charge in [0.05, 0.1) is 51.7 Å². The van der Waals surface area contributed by atoms with Gasteiger partial charge in [-0.2, -0.15) is 4.98 Å². The number of urea groups is 1. The van der Waals surface area contributed by atoms with Crippen LogP contribution in [0.5, 0.6) is 11.5 Å². The molecule has 11 nitrogen and oxygen atoms in total. The van der Waals surface area contributed by atoms with Gasteiger partial charge in [-0.25, -0.2) is 9.78 Å². The molecule has 3 amide bonds. The van der Waals surface area contributed by atoms with Crippen molar-refractivity contribution in [2.24, 2.45) is 0 Å². The fourth-order valence-electron chi connectivity index (χ4n) is 4.55. The molecule has 0 radical (unpaired) electrons. The number of amides is 3. The maximum absolute atomic E-state index is 13.5. The number of carbonyl (C=O) groups is 2. The number of nitrogens with one attached hydrogen (secondary N) is 2. The molecule has 11 heteroatoms. The SMILES string of the molecule is CCC(=O)NC1COCC1Nc1ncc2c(n1)N(C)C(=O)N(c1c(C)c(OC)cc(OC)c1C)C2. The highest BCUT2D eigenvalue weighted by molar-refractivity contribution is 6.06. The van der Waals surface area contributed by atoms with Crippen LogP contribution in [0, 0.1) is 13.8 Å². The van der Waals surface area contributed by atoms with E-state index in [1.54, 1.807) is 39.3 Å². The number of hydrogen-bond acceptors (Lipinski definition) is 8. The summed E-state index contributed by atoms with van der Waals surface area (Å²) in [5.74, 6) is 2.15. The lowest BCUT2D eigenvalue weighted by Crippen LogP contribution is -2.47.